The lowest BCUT2D eigenvalue weighted by atomic mass is 9.70. The molecule has 4 atom stereocenters. The summed E-state index contributed by atoms with van der Waals surface area (Å²) in [4.78, 5) is 53.2. The van der Waals surface area contributed by atoms with Crippen molar-refractivity contribution < 1.29 is 121 Å². The number of hydrogen-bond donors (Lipinski definition) is 5. The number of carbonyl (C=O) groups excluding carboxylic acids is 4. The number of amides is 4. The predicted octanol–water partition coefficient (Wildman–Crippen LogP) is 21.7. The average molecular weight is 1700 g/mol. The largest absolute Gasteiger partial charge is 0.573 e. The van der Waals surface area contributed by atoms with Gasteiger partial charge in [-0.3, -0.25) is 19.2 Å². The molecule has 0 aliphatic carbocycles. The van der Waals surface area contributed by atoms with Crippen LogP contribution in [0.1, 0.15) is 106 Å². The van der Waals surface area contributed by atoms with Crippen LogP contribution in [0.5, 0.6) is 17.2 Å². The lowest BCUT2D eigenvalue weighted by Gasteiger charge is -2.29. The van der Waals surface area contributed by atoms with Crippen LogP contribution in [-0.2, 0) is 75.7 Å². The van der Waals surface area contributed by atoms with Gasteiger partial charge in [0.15, 0.2) is 0 Å². The molecule has 0 bridgehead atoms. The summed E-state index contributed by atoms with van der Waals surface area (Å²) in [6.07, 6.45) is -23.5. The first-order chi connectivity index (χ1) is 56.8. The number of alkyl halides is 18. The molecular formula is C89H60F18N4O9S. The van der Waals surface area contributed by atoms with Gasteiger partial charge in [-0.25, -0.2) is 0 Å². The highest BCUT2D eigenvalue weighted by molar-refractivity contribution is 7.88. The second-order valence-electron chi connectivity index (χ2n) is 28.2. The molecule has 0 saturated heterocycles. The summed E-state index contributed by atoms with van der Waals surface area (Å²) in [5, 5.41) is 19.3. The molecule has 0 aromatic heterocycles. The summed E-state index contributed by atoms with van der Waals surface area (Å²) in [5.74, 6) is -3.79. The highest BCUT2D eigenvalue weighted by Crippen LogP contribution is 2.57. The number of para-hydroxylation sites is 4. The van der Waals surface area contributed by atoms with Crippen molar-refractivity contribution in [3.63, 3.8) is 0 Å². The van der Waals surface area contributed by atoms with Crippen molar-refractivity contribution in [1.29, 1.82) is 0 Å². The van der Waals surface area contributed by atoms with Crippen LogP contribution in [0.25, 0.3) is 0 Å². The van der Waals surface area contributed by atoms with Crippen LogP contribution in [0.2, 0.25) is 0 Å². The monoisotopic (exact) mass is 1700 g/mol. The quantitative estimate of drug-likeness (QED) is 0.0477. The molecule has 4 aliphatic rings. The average Bonchev–Trinajstić information content (AvgIpc) is 1.59. The first-order valence-corrected chi connectivity index (χ1v) is 37.4. The van der Waals surface area contributed by atoms with E-state index in [0.717, 1.165) is 83.4 Å². The van der Waals surface area contributed by atoms with E-state index in [2.05, 4.69) is 30.2 Å². The van der Waals surface area contributed by atoms with E-state index in [1.807, 2.05) is 44.2 Å². The van der Waals surface area contributed by atoms with Crippen molar-refractivity contribution in [1.82, 2.24) is 0 Å². The third-order valence-corrected chi connectivity index (χ3v) is 21.9. The number of benzene rings is 12. The zero-order valence-corrected chi connectivity index (χ0v) is 63.3. The van der Waals surface area contributed by atoms with Gasteiger partial charge in [0.1, 0.15) is 38.9 Å². The molecular weight excluding hydrogens is 1640 g/mol. The number of phenols is 1. The number of anilines is 4. The molecule has 622 valence electrons. The van der Waals surface area contributed by atoms with Crippen LogP contribution in [0.3, 0.4) is 0 Å². The minimum Gasteiger partial charge on any atom is -0.508 e. The minimum atomic E-state index is -5.94. The molecule has 0 radical (unpaired) electrons. The van der Waals surface area contributed by atoms with Crippen LogP contribution in [0, 0.1) is 20.8 Å². The highest BCUT2D eigenvalue weighted by atomic mass is 32.2. The second kappa shape index (κ2) is 31.4. The number of ether oxygens (including phenoxy) is 1. The topological polar surface area (TPSA) is 189 Å². The predicted molar refractivity (Wildman–Crippen MR) is 410 cm³/mol. The Hall–Kier alpha value is -13.4. The Balaban J connectivity index is 0.000000140. The SMILES string of the molecule is Cc1ccc([C@]2(c3ccc(O)cc3)C(=O)Nc3c(C(F)(F)F)cccc32)cc1.Cc1ccc([C@]2(c3ccc(OS(=O)(=O)C(F)(F)F)cc3)C(=O)Nc3c(C(F)(F)F)cccc32)cc1.Cc1ccc([C@]2(c3ccccc3)C(=O)Nc3c(C(F)(F)F)cccc32)cc1.O=C1Nc2c(C(F)(F)F)cccc2[C@@]1(c1ccccc1)c1ccc(OC(F)(F)F)cc1. The lowest BCUT2D eigenvalue weighted by Crippen LogP contribution is -2.37. The molecule has 12 aromatic rings. The summed E-state index contributed by atoms with van der Waals surface area (Å²) in [7, 11) is -5.94. The van der Waals surface area contributed by atoms with Gasteiger partial charge in [0.25, 0.3) is 0 Å². The zero-order valence-electron chi connectivity index (χ0n) is 62.5. The van der Waals surface area contributed by atoms with Crippen molar-refractivity contribution in [2.24, 2.45) is 0 Å². The lowest BCUT2D eigenvalue weighted by molar-refractivity contribution is -0.274. The Morgan fingerprint density at radius 2 is 0.504 bits per heavy atom. The van der Waals surface area contributed by atoms with E-state index in [1.165, 1.54) is 60.7 Å². The summed E-state index contributed by atoms with van der Waals surface area (Å²) < 4.78 is 269. The van der Waals surface area contributed by atoms with E-state index in [-0.39, 0.29) is 50.6 Å². The standard InChI is InChI=1S/C23H15F6NO4S.C22H13F6NO2.C22H16F3NO2.C22H16F3NO/c1-13-5-7-14(8-6-13)21(15-9-11-16(12-10-15)34-35(32,33)23(27,28)29)17-3-2-4-18(22(24,25)26)19(17)30-20(21)31;23-21(24,25)17-8-4-7-16-18(17)29-19(30)20(16,13-5-2-1-3-6-13)14-9-11-15(12-10-14)31-22(26,27)28;1-13-5-7-14(8-6-13)21(15-9-11-16(27)12-10-15)17-3-2-4-18(22(23,24)25)19(17)26-20(21)28;1-14-10-12-16(13-11-14)21(15-6-3-2-4-7-15)17-8-5-9-18(22(23,24)25)19(17)26-20(21)27/h2-12H,1H3,(H,30,31);1-12H,(H,29,30);2-12,27H,1H3,(H,26,28);2-13H,1H3,(H,26,27)/t21-;20-;2*21-/m1110/s1. The molecule has 4 heterocycles. The van der Waals surface area contributed by atoms with Gasteiger partial charge in [0.2, 0.25) is 23.6 Å². The first-order valence-electron chi connectivity index (χ1n) is 36.0. The molecule has 32 heteroatoms. The number of phenolic OH excluding ortho intramolecular Hbond substituents is 1. The Labute approximate surface area is 676 Å². The number of fused-ring (bicyclic) bond motifs is 4. The number of hydrogen-bond acceptors (Lipinski definition) is 9. The van der Waals surface area contributed by atoms with E-state index < -0.39 is 131 Å². The minimum absolute atomic E-state index is 0.00507. The second-order valence-corrected chi connectivity index (χ2v) is 29.7. The molecule has 4 amide bonds. The van der Waals surface area contributed by atoms with E-state index in [1.54, 1.807) is 128 Å². The molecule has 5 N–H and O–H groups in total. The fourth-order valence-corrected chi connectivity index (χ4v) is 16.0. The van der Waals surface area contributed by atoms with Crippen LogP contribution < -0.4 is 30.2 Å². The maximum atomic E-state index is 13.7. The molecule has 12 aromatic carbocycles. The number of nitrogens with one attached hydrogen (secondary N) is 4. The molecule has 121 heavy (non-hydrogen) atoms. The number of halogens is 18. The third kappa shape index (κ3) is 15.6. The maximum absolute atomic E-state index is 13.7. The van der Waals surface area contributed by atoms with Crippen LogP contribution in [0.15, 0.2) is 279 Å². The fourth-order valence-electron chi connectivity index (χ4n) is 15.6. The van der Waals surface area contributed by atoms with E-state index >= 15 is 0 Å². The summed E-state index contributed by atoms with van der Waals surface area (Å²) in [6.45, 7) is 5.58. The molecule has 16 rings (SSSR count). The number of aryl methyl sites for hydroxylation is 3. The molecule has 13 nitrogen and oxygen atoms in total. The van der Waals surface area contributed by atoms with E-state index in [9.17, 15) is 112 Å². The van der Waals surface area contributed by atoms with Crippen molar-refractivity contribution in [2.45, 2.75) is 79.0 Å². The molecule has 0 spiro atoms. The van der Waals surface area contributed by atoms with Gasteiger partial charge in [0, 0.05) is 22.3 Å². The molecule has 0 fully saturated rings. The van der Waals surface area contributed by atoms with Crippen molar-refractivity contribution >= 4 is 56.5 Å². The van der Waals surface area contributed by atoms with Gasteiger partial charge >= 0.3 is 46.7 Å². The normalized spacial score (nSPS) is 18.5. The Morgan fingerprint density at radius 1 is 0.281 bits per heavy atom. The maximum Gasteiger partial charge on any atom is 0.573 e. The van der Waals surface area contributed by atoms with Crippen LogP contribution in [0.4, 0.5) is 102 Å². The summed E-state index contributed by atoms with van der Waals surface area (Å²) in [5.41, 5.74) is -10.3. The smallest absolute Gasteiger partial charge is 0.508 e. The van der Waals surface area contributed by atoms with Gasteiger partial charge in [-0.1, -0.05) is 235 Å². The van der Waals surface area contributed by atoms with Crippen LogP contribution >= 0.6 is 0 Å². The van der Waals surface area contributed by atoms with E-state index in [4.69, 9.17) is 0 Å². The van der Waals surface area contributed by atoms with Crippen LogP contribution in [-0.4, -0.2) is 49.0 Å². The van der Waals surface area contributed by atoms with Gasteiger partial charge < -0.3 is 35.3 Å². The Kier molecular flexibility index (Phi) is 22.2. The van der Waals surface area contributed by atoms with Gasteiger partial charge in [0.05, 0.1) is 45.0 Å². The van der Waals surface area contributed by atoms with E-state index in [0.29, 0.717) is 38.9 Å². The third-order valence-electron chi connectivity index (χ3n) is 20.9. The summed E-state index contributed by atoms with van der Waals surface area (Å²) >= 11 is 0. The number of aromatic hydroxyl groups is 1. The Bertz CT molecular complexity index is 6030. The zero-order chi connectivity index (χ0) is 87.6. The van der Waals surface area contributed by atoms with Crippen molar-refractivity contribution in [2.75, 3.05) is 21.3 Å². The number of carbonyl (C=O) groups is 4. The molecule has 0 unspecified atom stereocenters. The number of rotatable bonds is 11. The summed E-state index contributed by atoms with van der Waals surface area (Å²) in [6, 6.07) is 66.9. The van der Waals surface area contributed by atoms with Gasteiger partial charge in [-0.2, -0.15) is 74.3 Å². The Morgan fingerprint density at radius 3 is 0.736 bits per heavy atom. The fraction of sp³-hybridized carbons (Fsp3) is 0.146. The van der Waals surface area contributed by atoms with Crippen molar-refractivity contribution in [3.05, 3.63) is 385 Å². The molecule has 4 aliphatic heterocycles. The van der Waals surface area contributed by atoms with Gasteiger partial charge in [-0.15, -0.1) is 13.2 Å². The van der Waals surface area contributed by atoms with Gasteiger partial charge in [-0.05, 0) is 126 Å². The first kappa shape index (κ1) is 85.5. The van der Waals surface area contributed by atoms with Crippen molar-refractivity contribution in [3.8, 4) is 17.2 Å². The highest BCUT2D eigenvalue weighted by Gasteiger charge is 2.58. The molecule has 0 saturated carbocycles.